The zero-order valence-electron chi connectivity index (χ0n) is 11.7. The first-order valence-corrected chi connectivity index (χ1v) is 7.91. The minimum atomic E-state index is -3.48. The molecule has 1 aliphatic heterocycles. The monoisotopic (exact) mass is 300 g/mol. The lowest BCUT2D eigenvalue weighted by Crippen LogP contribution is -2.26. The second-order valence-electron chi connectivity index (χ2n) is 4.92. The van der Waals surface area contributed by atoms with Gasteiger partial charge in [-0.3, -0.25) is 0 Å². The van der Waals surface area contributed by atoms with Crippen LogP contribution in [0.15, 0.2) is 23.1 Å². The van der Waals surface area contributed by atoms with Crippen LogP contribution in [0.1, 0.15) is 12.8 Å². The third-order valence-electron chi connectivity index (χ3n) is 3.23. The van der Waals surface area contributed by atoms with Gasteiger partial charge in [-0.05, 0) is 12.1 Å². The summed E-state index contributed by atoms with van der Waals surface area (Å²) in [6.45, 7) is 1.31. The standard InChI is InChI=1S/C13H20N2O4S/c1-15(2)20(16,17)11-3-4-12(14)13(9-11)19-10-5-7-18-8-6-10/h3-4,9-10H,5-8,14H2,1-2H3. The molecule has 0 unspecified atom stereocenters. The maximum Gasteiger partial charge on any atom is 0.242 e. The van der Waals surface area contributed by atoms with Crippen molar-refractivity contribution >= 4 is 15.7 Å². The first-order valence-electron chi connectivity index (χ1n) is 6.47. The summed E-state index contributed by atoms with van der Waals surface area (Å²) >= 11 is 0. The van der Waals surface area contributed by atoms with Gasteiger partial charge in [-0.25, -0.2) is 12.7 Å². The van der Waals surface area contributed by atoms with Crippen molar-refractivity contribution in [2.24, 2.45) is 0 Å². The summed E-state index contributed by atoms with van der Waals surface area (Å²) in [6, 6.07) is 4.53. The van der Waals surface area contributed by atoms with Crippen LogP contribution in [0.3, 0.4) is 0 Å². The lowest BCUT2D eigenvalue weighted by atomic mass is 10.1. The molecule has 0 radical (unpaired) electrons. The Hall–Kier alpha value is -1.31. The van der Waals surface area contributed by atoms with E-state index in [1.165, 1.54) is 26.2 Å². The van der Waals surface area contributed by atoms with Gasteiger partial charge in [0.1, 0.15) is 11.9 Å². The largest absolute Gasteiger partial charge is 0.488 e. The molecule has 1 aromatic carbocycles. The van der Waals surface area contributed by atoms with Crippen molar-refractivity contribution in [3.63, 3.8) is 0 Å². The Morgan fingerprint density at radius 1 is 1.30 bits per heavy atom. The number of ether oxygens (including phenoxy) is 2. The number of nitrogens with zero attached hydrogens (tertiary/aromatic N) is 1. The summed E-state index contributed by atoms with van der Waals surface area (Å²) in [5, 5.41) is 0. The molecule has 1 fully saturated rings. The van der Waals surface area contributed by atoms with Gasteiger partial charge in [0.05, 0.1) is 23.8 Å². The van der Waals surface area contributed by atoms with Crippen LogP contribution in [0.2, 0.25) is 0 Å². The highest BCUT2D eigenvalue weighted by Crippen LogP contribution is 2.28. The first kappa shape index (κ1) is 15.1. The predicted molar refractivity (Wildman–Crippen MR) is 76.2 cm³/mol. The second kappa shape index (κ2) is 5.99. The van der Waals surface area contributed by atoms with Crippen LogP contribution in [0, 0.1) is 0 Å². The van der Waals surface area contributed by atoms with Crippen molar-refractivity contribution < 1.29 is 17.9 Å². The van der Waals surface area contributed by atoms with Crippen LogP contribution >= 0.6 is 0 Å². The summed E-state index contributed by atoms with van der Waals surface area (Å²) in [5.74, 6) is 0.417. The Labute approximate surface area is 119 Å². The van der Waals surface area contributed by atoms with E-state index < -0.39 is 10.0 Å². The molecule has 1 saturated heterocycles. The molecular weight excluding hydrogens is 280 g/mol. The number of sulfonamides is 1. The minimum absolute atomic E-state index is 0.0170. The normalized spacial score (nSPS) is 17.4. The molecule has 0 spiro atoms. The fraction of sp³-hybridized carbons (Fsp3) is 0.538. The molecule has 7 heteroatoms. The number of nitrogens with two attached hydrogens (primary N) is 1. The van der Waals surface area contributed by atoms with E-state index in [2.05, 4.69) is 0 Å². The fourth-order valence-electron chi connectivity index (χ4n) is 1.96. The highest BCUT2D eigenvalue weighted by molar-refractivity contribution is 7.89. The summed E-state index contributed by atoms with van der Waals surface area (Å²) in [6.07, 6.45) is 1.58. The van der Waals surface area contributed by atoms with E-state index in [1.807, 2.05) is 0 Å². The maximum absolute atomic E-state index is 12.1. The van der Waals surface area contributed by atoms with Gasteiger partial charge in [-0.15, -0.1) is 0 Å². The molecule has 2 rings (SSSR count). The van der Waals surface area contributed by atoms with Crippen molar-refractivity contribution in [2.75, 3.05) is 33.0 Å². The van der Waals surface area contributed by atoms with Crippen LogP contribution in [0.25, 0.3) is 0 Å². The van der Waals surface area contributed by atoms with Crippen LogP contribution in [0.5, 0.6) is 5.75 Å². The topological polar surface area (TPSA) is 81.9 Å². The van der Waals surface area contributed by atoms with Gasteiger partial charge >= 0.3 is 0 Å². The molecule has 1 aliphatic rings. The number of benzene rings is 1. The first-order chi connectivity index (χ1) is 9.41. The Morgan fingerprint density at radius 2 is 1.95 bits per heavy atom. The predicted octanol–water partition coefficient (Wildman–Crippen LogP) is 1.08. The highest BCUT2D eigenvalue weighted by atomic mass is 32.2. The van der Waals surface area contributed by atoms with E-state index in [0.717, 1.165) is 17.1 Å². The summed E-state index contributed by atoms with van der Waals surface area (Å²) in [7, 11) is -0.502. The van der Waals surface area contributed by atoms with Crippen molar-refractivity contribution in [1.82, 2.24) is 4.31 Å². The lowest BCUT2D eigenvalue weighted by molar-refractivity contribution is 0.0258. The molecule has 0 amide bonds. The number of hydrogen-bond acceptors (Lipinski definition) is 5. The van der Waals surface area contributed by atoms with E-state index in [-0.39, 0.29) is 11.0 Å². The molecule has 0 saturated carbocycles. The van der Waals surface area contributed by atoms with Crippen LogP contribution in [-0.4, -0.2) is 46.1 Å². The molecule has 0 bridgehead atoms. The molecule has 112 valence electrons. The summed E-state index contributed by atoms with van der Waals surface area (Å²) in [5.41, 5.74) is 6.30. The fourth-order valence-corrected chi connectivity index (χ4v) is 2.88. The van der Waals surface area contributed by atoms with E-state index in [0.29, 0.717) is 24.7 Å². The van der Waals surface area contributed by atoms with Gasteiger partial charge in [-0.1, -0.05) is 0 Å². The zero-order valence-corrected chi connectivity index (χ0v) is 12.5. The third kappa shape index (κ3) is 3.23. The van der Waals surface area contributed by atoms with E-state index in [9.17, 15) is 8.42 Å². The van der Waals surface area contributed by atoms with Crippen LogP contribution < -0.4 is 10.5 Å². The number of hydrogen-bond donors (Lipinski definition) is 1. The van der Waals surface area contributed by atoms with Crippen LogP contribution in [0.4, 0.5) is 5.69 Å². The van der Waals surface area contributed by atoms with E-state index in [1.54, 1.807) is 6.07 Å². The highest BCUT2D eigenvalue weighted by Gasteiger charge is 2.21. The Balaban J connectivity index is 2.25. The van der Waals surface area contributed by atoms with Gasteiger partial charge in [0.25, 0.3) is 0 Å². The molecule has 6 nitrogen and oxygen atoms in total. The van der Waals surface area contributed by atoms with Crippen molar-refractivity contribution in [2.45, 2.75) is 23.8 Å². The van der Waals surface area contributed by atoms with Gasteiger partial charge in [-0.2, -0.15) is 0 Å². The Kier molecular flexibility index (Phi) is 4.52. The maximum atomic E-state index is 12.1. The third-order valence-corrected chi connectivity index (χ3v) is 5.04. The average Bonchev–Trinajstić information content (AvgIpc) is 2.42. The zero-order chi connectivity index (χ0) is 14.8. The Morgan fingerprint density at radius 3 is 2.55 bits per heavy atom. The molecule has 2 N–H and O–H groups in total. The molecular formula is C13H20N2O4S. The molecule has 1 heterocycles. The molecule has 0 aromatic heterocycles. The van der Waals surface area contributed by atoms with Gasteiger partial charge in [0, 0.05) is 33.0 Å². The number of nitrogen functional groups attached to an aromatic ring is 1. The summed E-state index contributed by atoms with van der Waals surface area (Å²) in [4.78, 5) is 0.179. The number of anilines is 1. The lowest BCUT2D eigenvalue weighted by Gasteiger charge is -2.24. The Bertz CT molecular complexity index is 566. The average molecular weight is 300 g/mol. The number of rotatable bonds is 4. The smallest absolute Gasteiger partial charge is 0.242 e. The van der Waals surface area contributed by atoms with E-state index in [4.69, 9.17) is 15.2 Å². The SMILES string of the molecule is CN(C)S(=O)(=O)c1ccc(N)c(OC2CCOCC2)c1. The van der Waals surface area contributed by atoms with Gasteiger partial charge in [0.15, 0.2) is 0 Å². The van der Waals surface area contributed by atoms with Gasteiger partial charge < -0.3 is 15.2 Å². The van der Waals surface area contributed by atoms with Gasteiger partial charge in [0.2, 0.25) is 10.0 Å². The van der Waals surface area contributed by atoms with Crippen molar-refractivity contribution in [1.29, 1.82) is 0 Å². The van der Waals surface area contributed by atoms with Crippen molar-refractivity contribution in [3.05, 3.63) is 18.2 Å². The molecule has 1 aromatic rings. The molecule has 0 aliphatic carbocycles. The van der Waals surface area contributed by atoms with E-state index >= 15 is 0 Å². The molecule has 20 heavy (non-hydrogen) atoms. The quantitative estimate of drug-likeness (QED) is 0.841. The van der Waals surface area contributed by atoms with Crippen LogP contribution in [-0.2, 0) is 14.8 Å². The second-order valence-corrected chi connectivity index (χ2v) is 7.07. The minimum Gasteiger partial charge on any atom is -0.488 e. The summed E-state index contributed by atoms with van der Waals surface area (Å²) < 4.78 is 36.4. The molecule has 0 atom stereocenters. The van der Waals surface area contributed by atoms with Crippen molar-refractivity contribution in [3.8, 4) is 5.75 Å².